The van der Waals surface area contributed by atoms with Crippen LogP contribution < -0.4 is 0 Å². The highest BCUT2D eigenvalue weighted by molar-refractivity contribution is 5.93. The molecule has 2 saturated heterocycles. The minimum atomic E-state index is -0.00498. The van der Waals surface area contributed by atoms with Gasteiger partial charge in [0.25, 0.3) is 5.91 Å². The maximum Gasteiger partial charge on any atom is 0.276 e. The van der Waals surface area contributed by atoms with E-state index >= 15 is 0 Å². The summed E-state index contributed by atoms with van der Waals surface area (Å²) in [6, 6.07) is 5.81. The Hall–Kier alpha value is -2.25. The topological polar surface area (TPSA) is 71.7 Å². The van der Waals surface area contributed by atoms with Gasteiger partial charge in [-0.25, -0.2) is 0 Å². The summed E-state index contributed by atoms with van der Waals surface area (Å²) >= 11 is 0. The van der Waals surface area contributed by atoms with Gasteiger partial charge >= 0.3 is 0 Å². The standard InChI is InChI=1S/C22H28N4O3/c1-25-8-6-16(12-28-13-17-3-2-7-23-11-17)10-22(25)14-26(15-22)21(27)19-9-20(29-24-19)18-4-5-18/h2-3,7,9,11,16,18H,4-6,8,10,12-15H2,1H3/t16-/m0/s1. The van der Waals surface area contributed by atoms with Gasteiger partial charge in [-0.2, -0.15) is 0 Å². The number of nitrogens with zero attached hydrogens (tertiary/aromatic N) is 4. The Labute approximate surface area is 171 Å². The maximum absolute atomic E-state index is 12.8. The zero-order valence-electron chi connectivity index (χ0n) is 16.9. The van der Waals surface area contributed by atoms with Crippen molar-refractivity contribution in [3.8, 4) is 0 Å². The van der Waals surface area contributed by atoms with Gasteiger partial charge in [-0.1, -0.05) is 11.2 Å². The Morgan fingerprint density at radius 2 is 2.21 bits per heavy atom. The molecule has 0 unspecified atom stereocenters. The third-order valence-electron chi connectivity index (χ3n) is 6.68. The van der Waals surface area contributed by atoms with Gasteiger partial charge in [-0.05, 0) is 56.8 Å². The van der Waals surface area contributed by atoms with E-state index in [1.165, 1.54) is 0 Å². The smallest absolute Gasteiger partial charge is 0.276 e. The summed E-state index contributed by atoms with van der Waals surface area (Å²) in [4.78, 5) is 21.2. The molecule has 4 heterocycles. The number of ether oxygens (including phenoxy) is 1. The highest BCUT2D eigenvalue weighted by Gasteiger charge is 2.51. The predicted octanol–water partition coefficient (Wildman–Crippen LogP) is 2.70. The van der Waals surface area contributed by atoms with Gasteiger partial charge in [0.1, 0.15) is 5.76 Å². The summed E-state index contributed by atoms with van der Waals surface area (Å²) in [5.41, 5.74) is 1.63. The van der Waals surface area contributed by atoms with Gasteiger partial charge < -0.3 is 14.2 Å². The molecule has 3 fully saturated rings. The van der Waals surface area contributed by atoms with E-state index in [1.807, 2.05) is 29.3 Å². The number of amides is 1. The number of pyridine rings is 1. The van der Waals surface area contributed by atoms with E-state index in [4.69, 9.17) is 9.26 Å². The molecule has 1 spiro atoms. The largest absolute Gasteiger partial charge is 0.376 e. The van der Waals surface area contributed by atoms with E-state index in [1.54, 1.807) is 6.20 Å². The Morgan fingerprint density at radius 3 is 2.97 bits per heavy atom. The van der Waals surface area contributed by atoms with Gasteiger partial charge in [0.2, 0.25) is 0 Å². The first-order valence-electron chi connectivity index (χ1n) is 10.6. The van der Waals surface area contributed by atoms with Crippen LogP contribution in [0.1, 0.15) is 53.4 Å². The van der Waals surface area contributed by atoms with Crippen molar-refractivity contribution in [1.82, 2.24) is 19.9 Å². The molecule has 29 heavy (non-hydrogen) atoms. The molecule has 0 N–H and O–H groups in total. The minimum absolute atomic E-state index is 0.00498. The van der Waals surface area contributed by atoms with Crippen LogP contribution in [0.2, 0.25) is 0 Å². The zero-order chi connectivity index (χ0) is 19.8. The third kappa shape index (κ3) is 3.81. The molecule has 1 saturated carbocycles. The summed E-state index contributed by atoms with van der Waals surface area (Å²) in [7, 11) is 2.18. The molecule has 0 radical (unpaired) electrons. The number of carbonyl (C=O) groups is 1. The van der Waals surface area contributed by atoms with Crippen LogP contribution >= 0.6 is 0 Å². The van der Waals surface area contributed by atoms with Gasteiger partial charge in [0.15, 0.2) is 5.69 Å². The maximum atomic E-state index is 12.8. The van der Waals surface area contributed by atoms with Crippen molar-refractivity contribution < 1.29 is 14.1 Å². The lowest BCUT2D eigenvalue weighted by Gasteiger charge is -2.58. The van der Waals surface area contributed by atoms with Crippen molar-refractivity contribution in [2.75, 3.05) is 33.3 Å². The lowest BCUT2D eigenvalue weighted by Crippen LogP contribution is -2.72. The average Bonchev–Trinajstić information content (AvgIpc) is 3.44. The molecule has 154 valence electrons. The Balaban J connectivity index is 1.14. The fourth-order valence-corrected chi connectivity index (χ4v) is 4.67. The number of aromatic nitrogens is 2. The second-order valence-electron chi connectivity index (χ2n) is 8.93. The van der Waals surface area contributed by atoms with Crippen LogP contribution in [0.15, 0.2) is 35.1 Å². The van der Waals surface area contributed by atoms with Crippen molar-refractivity contribution in [2.45, 2.75) is 43.7 Å². The summed E-state index contributed by atoms with van der Waals surface area (Å²) in [5, 5.41) is 4.01. The first kappa shape index (κ1) is 18.8. The SMILES string of the molecule is CN1CC[C@H](COCc2cccnc2)CC12CN(C(=O)c1cc(C3CC3)on1)C2. The molecule has 0 aromatic carbocycles. The van der Waals surface area contributed by atoms with Crippen molar-refractivity contribution >= 4 is 5.91 Å². The quantitative estimate of drug-likeness (QED) is 0.748. The fourth-order valence-electron chi connectivity index (χ4n) is 4.67. The normalized spacial score (nSPS) is 23.9. The molecule has 7 nitrogen and oxygen atoms in total. The lowest BCUT2D eigenvalue weighted by molar-refractivity contribution is -0.0770. The van der Waals surface area contributed by atoms with Crippen LogP contribution in [0.4, 0.5) is 0 Å². The van der Waals surface area contributed by atoms with Gasteiger partial charge in [-0.3, -0.25) is 14.7 Å². The first-order chi connectivity index (χ1) is 14.1. The van der Waals surface area contributed by atoms with Crippen molar-refractivity contribution in [2.24, 2.45) is 5.92 Å². The van der Waals surface area contributed by atoms with Crippen LogP contribution in [-0.4, -0.2) is 64.7 Å². The Bertz CT molecular complexity index is 858. The van der Waals surface area contributed by atoms with Gasteiger partial charge in [0.05, 0.1) is 12.1 Å². The lowest BCUT2D eigenvalue weighted by atomic mass is 9.75. The Kier molecular flexibility index (Phi) is 4.87. The molecule has 7 heteroatoms. The number of hydrogen-bond donors (Lipinski definition) is 0. The van der Waals surface area contributed by atoms with Crippen LogP contribution in [0, 0.1) is 5.92 Å². The summed E-state index contributed by atoms with van der Waals surface area (Å²) in [6.07, 6.45) is 8.11. The molecule has 2 aromatic heterocycles. The van der Waals surface area contributed by atoms with Crippen molar-refractivity contribution in [3.63, 3.8) is 0 Å². The number of likely N-dealkylation sites (N-methyl/N-ethyl adjacent to an activating group) is 1. The Morgan fingerprint density at radius 1 is 1.34 bits per heavy atom. The highest BCUT2D eigenvalue weighted by atomic mass is 16.5. The molecule has 2 aliphatic heterocycles. The number of likely N-dealkylation sites (tertiary alicyclic amines) is 2. The van der Waals surface area contributed by atoms with Crippen LogP contribution in [0.25, 0.3) is 0 Å². The molecule has 5 rings (SSSR count). The van der Waals surface area contributed by atoms with E-state index in [0.717, 1.165) is 63.2 Å². The number of rotatable bonds is 6. The molecular weight excluding hydrogens is 368 g/mol. The van der Waals surface area contributed by atoms with E-state index in [9.17, 15) is 4.79 Å². The van der Waals surface area contributed by atoms with Gasteiger partial charge in [0, 0.05) is 44.1 Å². The summed E-state index contributed by atoms with van der Waals surface area (Å²) in [5.74, 6) is 1.86. The highest BCUT2D eigenvalue weighted by Crippen LogP contribution is 2.41. The van der Waals surface area contributed by atoms with Crippen molar-refractivity contribution in [1.29, 1.82) is 0 Å². The minimum Gasteiger partial charge on any atom is -0.376 e. The molecule has 1 atom stereocenters. The second-order valence-corrected chi connectivity index (χ2v) is 8.93. The van der Waals surface area contributed by atoms with Crippen molar-refractivity contribution in [3.05, 3.63) is 47.6 Å². The first-order valence-corrected chi connectivity index (χ1v) is 10.6. The molecule has 3 aliphatic rings. The van der Waals surface area contributed by atoms with E-state index < -0.39 is 0 Å². The molecule has 2 aromatic rings. The van der Waals surface area contributed by atoms with Gasteiger partial charge in [-0.15, -0.1) is 0 Å². The number of hydrogen-bond acceptors (Lipinski definition) is 6. The molecular formula is C22H28N4O3. The van der Waals surface area contributed by atoms with Crippen LogP contribution in [0.3, 0.4) is 0 Å². The average molecular weight is 396 g/mol. The molecule has 1 amide bonds. The number of piperidine rings is 1. The fraction of sp³-hybridized carbons (Fsp3) is 0.591. The van der Waals surface area contributed by atoms with Crippen LogP contribution in [-0.2, 0) is 11.3 Å². The zero-order valence-corrected chi connectivity index (χ0v) is 16.9. The molecule has 1 aliphatic carbocycles. The third-order valence-corrected chi connectivity index (χ3v) is 6.68. The van der Waals surface area contributed by atoms with E-state index in [2.05, 4.69) is 22.1 Å². The van der Waals surface area contributed by atoms with E-state index in [-0.39, 0.29) is 11.4 Å². The summed E-state index contributed by atoms with van der Waals surface area (Å²) in [6.45, 7) is 3.92. The second kappa shape index (κ2) is 7.54. The number of carbonyl (C=O) groups excluding carboxylic acids is 1. The molecule has 0 bridgehead atoms. The van der Waals surface area contributed by atoms with Crippen LogP contribution in [0.5, 0.6) is 0 Å². The predicted molar refractivity (Wildman–Crippen MR) is 106 cm³/mol. The summed E-state index contributed by atoms with van der Waals surface area (Å²) < 4.78 is 11.3. The monoisotopic (exact) mass is 396 g/mol. The van der Waals surface area contributed by atoms with E-state index in [0.29, 0.717) is 24.1 Å².